The van der Waals surface area contributed by atoms with Gasteiger partial charge in [-0.2, -0.15) is 0 Å². The Bertz CT molecular complexity index is 984. The Labute approximate surface area is 169 Å². The topological polar surface area (TPSA) is 60.9 Å². The number of piperidine rings is 1. The van der Waals surface area contributed by atoms with Gasteiger partial charge in [-0.25, -0.2) is 9.29 Å². The molecule has 1 unspecified atom stereocenters. The van der Waals surface area contributed by atoms with Crippen LogP contribution in [0.1, 0.15) is 24.0 Å². The number of nitrogens with zero attached hydrogens (tertiary/aromatic N) is 2. The van der Waals surface area contributed by atoms with Crippen LogP contribution in [-0.2, 0) is 9.59 Å². The number of carbonyl (C=O) groups is 2. The highest BCUT2D eigenvalue weighted by Gasteiger charge is 2.43. The molecular weight excluding hydrogens is 371 g/mol. The normalized spacial score (nSPS) is 20.0. The summed E-state index contributed by atoms with van der Waals surface area (Å²) < 4.78 is 13.5. The fourth-order valence-corrected chi connectivity index (χ4v) is 4.11. The lowest BCUT2D eigenvalue weighted by Crippen LogP contribution is -2.40. The molecule has 0 aromatic heterocycles. The van der Waals surface area contributed by atoms with Crippen LogP contribution in [0, 0.1) is 18.7 Å². The van der Waals surface area contributed by atoms with Crippen molar-refractivity contribution in [3.8, 4) is 0 Å². The maximum absolute atomic E-state index is 13.5. The quantitative estimate of drug-likeness (QED) is 0.810. The van der Waals surface area contributed by atoms with Gasteiger partial charge >= 0.3 is 0 Å². The molecule has 29 heavy (non-hydrogen) atoms. The third-order valence-electron chi connectivity index (χ3n) is 5.55. The van der Waals surface area contributed by atoms with Crippen molar-refractivity contribution < 1.29 is 19.1 Å². The van der Waals surface area contributed by atoms with Gasteiger partial charge in [0.2, 0.25) is 0 Å². The fourth-order valence-electron chi connectivity index (χ4n) is 4.11. The molecule has 6 heteroatoms. The molecule has 1 fully saturated rings. The molecule has 0 saturated carbocycles. The van der Waals surface area contributed by atoms with Gasteiger partial charge in [0, 0.05) is 19.7 Å². The lowest BCUT2D eigenvalue weighted by atomic mass is 9.97. The van der Waals surface area contributed by atoms with E-state index in [0.717, 1.165) is 18.4 Å². The van der Waals surface area contributed by atoms with E-state index in [1.165, 1.54) is 29.2 Å². The Morgan fingerprint density at radius 1 is 1.10 bits per heavy atom. The summed E-state index contributed by atoms with van der Waals surface area (Å²) in [7, 11) is 0. The van der Waals surface area contributed by atoms with E-state index in [-0.39, 0.29) is 24.0 Å². The Balaban J connectivity index is 1.82. The van der Waals surface area contributed by atoms with Gasteiger partial charge in [-0.15, -0.1) is 0 Å². The van der Waals surface area contributed by atoms with Gasteiger partial charge in [-0.1, -0.05) is 24.3 Å². The summed E-state index contributed by atoms with van der Waals surface area (Å²) in [5.74, 6) is -1.13. The first kappa shape index (κ1) is 19.3. The molecule has 150 valence electrons. The van der Waals surface area contributed by atoms with E-state index in [4.69, 9.17) is 0 Å². The summed E-state index contributed by atoms with van der Waals surface area (Å²) in [4.78, 5) is 29.9. The molecule has 5 nitrogen and oxygen atoms in total. The molecule has 2 aliphatic rings. The molecule has 0 radical (unpaired) electrons. The zero-order valence-electron chi connectivity index (χ0n) is 16.3. The number of likely N-dealkylation sites (tertiary alicyclic amines) is 1. The van der Waals surface area contributed by atoms with Gasteiger partial charge in [0.1, 0.15) is 11.5 Å². The highest BCUT2D eigenvalue weighted by Crippen LogP contribution is 2.36. The number of halogens is 1. The highest BCUT2D eigenvalue weighted by atomic mass is 19.1. The lowest BCUT2D eigenvalue weighted by Gasteiger charge is -2.34. The standard InChI is InChI=1S/C23H23FN2O3/c1-15-4-2-6-19(12-15)26-22(28)20(17-7-9-18(24)10-8-17)21(23(26)29)25-11-3-5-16(13-25)14-27/h2,4,6-10,12,16,27H,3,5,11,13-14H2,1H3. The molecule has 1 saturated heterocycles. The van der Waals surface area contributed by atoms with Gasteiger partial charge in [0.25, 0.3) is 11.8 Å². The summed E-state index contributed by atoms with van der Waals surface area (Å²) in [5.41, 5.74) is 2.60. The number of hydrogen-bond acceptors (Lipinski definition) is 4. The summed E-state index contributed by atoms with van der Waals surface area (Å²) in [6.45, 7) is 3.09. The molecule has 2 amide bonds. The summed E-state index contributed by atoms with van der Waals surface area (Å²) in [6.07, 6.45) is 1.72. The number of carbonyl (C=O) groups excluding carboxylic acids is 2. The third kappa shape index (κ3) is 3.56. The van der Waals surface area contributed by atoms with Gasteiger partial charge in [-0.05, 0) is 61.1 Å². The van der Waals surface area contributed by atoms with Gasteiger partial charge < -0.3 is 10.0 Å². The molecule has 0 bridgehead atoms. The molecule has 0 spiro atoms. The zero-order chi connectivity index (χ0) is 20.5. The van der Waals surface area contributed by atoms with E-state index in [1.807, 2.05) is 24.0 Å². The molecule has 0 aliphatic carbocycles. The Morgan fingerprint density at radius 2 is 1.86 bits per heavy atom. The van der Waals surface area contributed by atoms with Crippen LogP contribution in [0.5, 0.6) is 0 Å². The third-order valence-corrected chi connectivity index (χ3v) is 5.55. The maximum atomic E-state index is 13.5. The van der Waals surface area contributed by atoms with Crippen LogP contribution in [0.25, 0.3) is 5.57 Å². The van der Waals surface area contributed by atoms with Crippen molar-refractivity contribution in [3.05, 3.63) is 71.2 Å². The van der Waals surface area contributed by atoms with Crippen LogP contribution in [0.2, 0.25) is 0 Å². The molecule has 1 atom stereocenters. The Kier molecular flexibility index (Phi) is 5.20. The molecule has 1 N–H and O–H groups in total. The minimum atomic E-state index is -0.409. The van der Waals surface area contributed by atoms with Gasteiger partial charge in [0.15, 0.2) is 0 Å². The van der Waals surface area contributed by atoms with Crippen molar-refractivity contribution in [2.24, 2.45) is 5.92 Å². The average molecular weight is 394 g/mol. The van der Waals surface area contributed by atoms with E-state index in [1.54, 1.807) is 12.1 Å². The number of imide groups is 1. The second-order valence-electron chi connectivity index (χ2n) is 7.65. The van der Waals surface area contributed by atoms with Crippen LogP contribution in [-0.4, -0.2) is 41.5 Å². The lowest BCUT2D eigenvalue weighted by molar-refractivity contribution is -0.120. The van der Waals surface area contributed by atoms with Gasteiger partial charge in [-0.3, -0.25) is 9.59 Å². The predicted octanol–water partition coefficient (Wildman–Crippen LogP) is 3.12. The largest absolute Gasteiger partial charge is 0.396 e. The average Bonchev–Trinajstić information content (AvgIpc) is 2.99. The molecular formula is C23H23FN2O3. The molecule has 2 aromatic rings. The number of aryl methyl sites for hydroxylation is 1. The van der Waals surface area contributed by atoms with E-state index < -0.39 is 11.7 Å². The number of rotatable bonds is 4. The van der Waals surface area contributed by atoms with Gasteiger partial charge in [0.05, 0.1) is 11.3 Å². The predicted molar refractivity (Wildman–Crippen MR) is 108 cm³/mol. The van der Waals surface area contributed by atoms with Crippen LogP contribution in [0.15, 0.2) is 54.2 Å². The van der Waals surface area contributed by atoms with Crippen molar-refractivity contribution >= 4 is 23.1 Å². The maximum Gasteiger partial charge on any atom is 0.282 e. The molecule has 2 aromatic carbocycles. The van der Waals surface area contributed by atoms with E-state index in [2.05, 4.69) is 0 Å². The van der Waals surface area contributed by atoms with E-state index in [0.29, 0.717) is 30.0 Å². The minimum Gasteiger partial charge on any atom is -0.396 e. The second kappa shape index (κ2) is 7.79. The SMILES string of the molecule is Cc1cccc(N2C(=O)C(c3ccc(F)cc3)=C(N3CCCC(CO)C3)C2=O)c1. The first-order chi connectivity index (χ1) is 14.0. The van der Waals surface area contributed by atoms with Crippen LogP contribution >= 0.6 is 0 Å². The number of aliphatic hydroxyl groups excluding tert-OH is 1. The number of benzene rings is 2. The fraction of sp³-hybridized carbons (Fsp3) is 0.304. The first-order valence-electron chi connectivity index (χ1n) is 9.81. The number of hydrogen-bond donors (Lipinski definition) is 1. The zero-order valence-corrected chi connectivity index (χ0v) is 16.3. The summed E-state index contributed by atoms with van der Waals surface area (Å²) >= 11 is 0. The van der Waals surface area contributed by atoms with Crippen molar-refractivity contribution in [1.82, 2.24) is 4.90 Å². The van der Waals surface area contributed by atoms with Crippen molar-refractivity contribution in [2.45, 2.75) is 19.8 Å². The van der Waals surface area contributed by atoms with Crippen LogP contribution in [0.3, 0.4) is 0 Å². The summed E-state index contributed by atoms with van der Waals surface area (Å²) in [5, 5.41) is 9.60. The van der Waals surface area contributed by atoms with Crippen molar-refractivity contribution in [1.29, 1.82) is 0 Å². The number of aliphatic hydroxyl groups is 1. The smallest absolute Gasteiger partial charge is 0.282 e. The Morgan fingerprint density at radius 3 is 2.55 bits per heavy atom. The second-order valence-corrected chi connectivity index (χ2v) is 7.65. The number of anilines is 1. The van der Waals surface area contributed by atoms with E-state index >= 15 is 0 Å². The van der Waals surface area contributed by atoms with Crippen LogP contribution < -0.4 is 4.90 Å². The molecule has 2 heterocycles. The Hall–Kier alpha value is -2.99. The number of amides is 2. The molecule has 2 aliphatic heterocycles. The molecule has 4 rings (SSSR count). The highest BCUT2D eigenvalue weighted by molar-refractivity contribution is 6.45. The first-order valence-corrected chi connectivity index (χ1v) is 9.81. The minimum absolute atomic E-state index is 0.0411. The van der Waals surface area contributed by atoms with E-state index in [9.17, 15) is 19.1 Å². The van der Waals surface area contributed by atoms with Crippen LogP contribution in [0.4, 0.5) is 10.1 Å². The summed E-state index contributed by atoms with van der Waals surface area (Å²) in [6, 6.07) is 12.9. The van der Waals surface area contributed by atoms with Crippen molar-refractivity contribution in [2.75, 3.05) is 24.6 Å². The van der Waals surface area contributed by atoms with Crippen molar-refractivity contribution in [3.63, 3.8) is 0 Å². The monoisotopic (exact) mass is 394 g/mol.